The van der Waals surface area contributed by atoms with Gasteiger partial charge in [0.25, 0.3) is 0 Å². The van der Waals surface area contributed by atoms with Crippen LogP contribution in [0, 0.1) is 5.92 Å². The highest BCUT2D eigenvalue weighted by Crippen LogP contribution is 2.29. The third kappa shape index (κ3) is 3.59. The van der Waals surface area contributed by atoms with Gasteiger partial charge in [0, 0.05) is 12.6 Å². The first-order chi connectivity index (χ1) is 8.29. The number of halogens is 2. The second kappa shape index (κ2) is 6.21. The summed E-state index contributed by atoms with van der Waals surface area (Å²) in [7, 11) is -3.80. The zero-order chi connectivity index (χ0) is 13.9. The van der Waals surface area contributed by atoms with Gasteiger partial charge in [-0.1, -0.05) is 36.2 Å². The third-order valence-electron chi connectivity index (χ3n) is 2.67. The highest BCUT2D eigenvalue weighted by molar-refractivity contribution is 7.89. The van der Waals surface area contributed by atoms with E-state index in [2.05, 4.69) is 4.72 Å². The fourth-order valence-corrected chi connectivity index (χ4v) is 3.81. The van der Waals surface area contributed by atoms with Crippen LogP contribution in [0.2, 0.25) is 10.0 Å². The van der Waals surface area contributed by atoms with Gasteiger partial charge in [-0.3, -0.25) is 0 Å². The molecule has 4 nitrogen and oxygen atoms in total. The molecule has 0 aliphatic heterocycles. The van der Waals surface area contributed by atoms with Crippen LogP contribution in [-0.4, -0.2) is 26.2 Å². The Balaban J connectivity index is 3.08. The van der Waals surface area contributed by atoms with Gasteiger partial charge in [0.1, 0.15) is 4.90 Å². The second-order valence-corrected chi connectivity index (χ2v) is 6.59. The molecular formula is C11H15Cl2NO3S. The van der Waals surface area contributed by atoms with Crippen molar-refractivity contribution in [1.29, 1.82) is 0 Å². The normalized spacial score (nSPS) is 15.4. The Morgan fingerprint density at radius 1 is 1.28 bits per heavy atom. The Hall–Kier alpha value is -0.330. The molecule has 0 amide bonds. The minimum atomic E-state index is -3.80. The number of nitrogens with one attached hydrogen (secondary N) is 1. The van der Waals surface area contributed by atoms with Crippen molar-refractivity contribution in [3.05, 3.63) is 28.2 Å². The van der Waals surface area contributed by atoms with Crippen LogP contribution in [0.3, 0.4) is 0 Å². The van der Waals surface area contributed by atoms with Crippen molar-refractivity contribution in [2.75, 3.05) is 6.61 Å². The number of aliphatic hydroxyl groups is 1. The Morgan fingerprint density at radius 2 is 1.78 bits per heavy atom. The summed E-state index contributed by atoms with van der Waals surface area (Å²) in [5.41, 5.74) is 0. The summed E-state index contributed by atoms with van der Waals surface area (Å²) in [4.78, 5) is -0.134. The van der Waals surface area contributed by atoms with Gasteiger partial charge < -0.3 is 5.11 Å². The van der Waals surface area contributed by atoms with Gasteiger partial charge in [0.05, 0.1) is 10.0 Å². The van der Waals surface area contributed by atoms with E-state index in [0.717, 1.165) is 0 Å². The van der Waals surface area contributed by atoms with Gasteiger partial charge in [-0.15, -0.1) is 0 Å². The number of sulfonamides is 1. The van der Waals surface area contributed by atoms with E-state index in [0.29, 0.717) is 0 Å². The fraction of sp³-hybridized carbons (Fsp3) is 0.455. The van der Waals surface area contributed by atoms with Gasteiger partial charge >= 0.3 is 0 Å². The van der Waals surface area contributed by atoms with Crippen LogP contribution < -0.4 is 4.72 Å². The third-order valence-corrected chi connectivity index (χ3v) is 5.18. The first-order valence-electron chi connectivity index (χ1n) is 5.36. The molecule has 0 aromatic heterocycles. The molecule has 102 valence electrons. The summed E-state index contributed by atoms with van der Waals surface area (Å²) < 4.78 is 26.7. The van der Waals surface area contributed by atoms with Crippen LogP contribution >= 0.6 is 23.2 Å². The molecule has 0 bridgehead atoms. The minimum absolute atomic E-state index is 0.0684. The van der Waals surface area contributed by atoms with Gasteiger partial charge in [-0.05, 0) is 25.0 Å². The molecule has 0 spiro atoms. The largest absolute Gasteiger partial charge is 0.396 e. The van der Waals surface area contributed by atoms with Crippen molar-refractivity contribution >= 4 is 33.2 Å². The highest BCUT2D eigenvalue weighted by Gasteiger charge is 2.25. The van der Waals surface area contributed by atoms with Crippen LogP contribution in [0.4, 0.5) is 0 Å². The summed E-state index contributed by atoms with van der Waals surface area (Å²) >= 11 is 11.7. The summed E-state index contributed by atoms with van der Waals surface area (Å²) in [5.74, 6) is -0.207. The molecule has 7 heteroatoms. The SMILES string of the molecule is CC(CO)C(C)NS(=O)(=O)c1c(Cl)cccc1Cl. The molecule has 0 aliphatic rings. The molecule has 0 saturated heterocycles. The average molecular weight is 312 g/mol. The first-order valence-corrected chi connectivity index (χ1v) is 7.60. The Kier molecular flexibility index (Phi) is 5.43. The molecule has 0 heterocycles. The maximum absolute atomic E-state index is 12.1. The highest BCUT2D eigenvalue weighted by atomic mass is 35.5. The van der Waals surface area contributed by atoms with Crippen LogP contribution in [0.15, 0.2) is 23.1 Å². The lowest BCUT2D eigenvalue weighted by atomic mass is 10.1. The first kappa shape index (κ1) is 15.7. The van der Waals surface area contributed by atoms with Gasteiger partial charge in [0.15, 0.2) is 0 Å². The molecule has 1 aromatic carbocycles. The van der Waals surface area contributed by atoms with Crippen molar-refractivity contribution in [2.24, 2.45) is 5.92 Å². The maximum atomic E-state index is 12.1. The molecule has 0 fully saturated rings. The fourth-order valence-electron chi connectivity index (χ4n) is 1.32. The van der Waals surface area contributed by atoms with E-state index in [1.165, 1.54) is 12.1 Å². The molecule has 1 rings (SSSR count). The van der Waals surface area contributed by atoms with E-state index >= 15 is 0 Å². The predicted molar refractivity (Wildman–Crippen MR) is 72.5 cm³/mol. The summed E-state index contributed by atoms with van der Waals surface area (Å²) in [5, 5.41) is 9.13. The molecular weight excluding hydrogens is 297 g/mol. The summed E-state index contributed by atoms with van der Waals surface area (Å²) in [6.07, 6.45) is 0. The molecule has 2 N–H and O–H groups in total. The van der Waals surface area contributed by atoms with Crippen LogP contribution in [0.1, 0.15) is 13.8 Å². The van der Waals surface area contributed by atoms with Gasteiger partial charge in [-0.25, -0.2) is 13.1 Å². The average Bonchev–Trinajstić information content (AvgIpc) is 2.26. The number of benzene rings is 1. The van der Waals surface area contributed by atoms with E-state index in [1.54, 1.807) is 19.9 Å². The lowest BCUT2D eigenvalue weighted by molar-refractivity contribution is 0.216. The van der Waals surface area contributed by atoms with Crippen molar-refractivity contribution in [3.8, 4) is 0 Å². The molecule has 1 aromatic rings. The Morgan fingerprint density at radius 3 is 2.22 bits per heavy atom. The maximum Gasteiger partial charge on any atom is 0.243 e. The summed E-state index contributed by atoms with van der Waals surface area (Å²) in [6, 6.07) is 4.07. The zero-order valence-electron chi connectivity index (χ0n) is 10.0. The Bertz CT molecular complexity index is 499. The van der Waals surface area contributed by atoms with Gasteiger partial charge in [-0.2, -0.15) is 0 Å². The molecule has 2 unspecified atom stereocenters. The lowest BCUT2D eigenvalue weighted by Gasteiger charge is -2.20. The summed E-state index contributed by atoms with van der Waals surface area (Å²) in [6.45, 7) is 3.30. The second-order valence-electron chi connectivity index (χ2n) is 4.12. The van der Waals surface area contributed by atoms with E-state index < -0.39 is 16.1 Å². The van der Waals surface area contributed by atoms with E-state index in [1.807, 2.05) is 0 Å². The number of hydrogen-bond donors (Lipinski definition) is 2. The van der Waals surface area contributed by atoms with Crippen LogP contribution in [0.25, 0.3) is 0 Å². The molecule has 0 aliphatic carbocycles. The van der Waals surface area contributed by atoms with Crippen molar-refractivity contribution in [2.45, 2.75) is 24.8 Å². The molecule has 2 atom stereocenters. The quantitative estimate of drug-likeness (QED) is 0.876. The van der Waals surface area contributed by atoms with E-state index in [4.69, 9.17) is 28.3 Å². The Labute approximate surface area is 117 Å². The van der Waals surface area contributed by atoms with Gasteiger partial charge in [0.2, 0.25) is 10.0 Å². The topological polar surface area (TPSA) is 66.4 Å². The number of hydrogen-bond acceptors (Lipinski definition) is 3. The van der Waals surface area contributed by atoms with Crippen molar-refractivity contribution in [1.82, 2.24) is 4.72 Å². The number of aliphatic hydroxyl groups excluding tert-OH is 1. The molecule has 0 radical (unpaired) electrons. The zero-order valence-corrected chi connectivity index (χ0v) is 12.4. The lowest BCUT2D eigenvalue weighted by Crippen LogP contribution is -2.38. The van der Waals surface area contributed by atoms with Crippen molar-refractivity contribution < 1.29 is 13.5 Å². The van der Waals surface area contributed by atoms with Crippen molar-refractivity contribution in [3.63, 3.8) is 0 Å². The van der Waals surface area contributed by atoms with Crippen LogP contribution in [-0.2, 0) is 10.0 Å². The van der Waals surface area contributed by atoms with E-state index in [9.17, 15) is 8.42 Å². The smallest absolute Gasteiger partial charge is 0.243 e. The monoisotopic (exact) mass is 311 g/mol. The molecule has 18 heavy (non-hydrogen) atoms. The minimum Gasteiger partial charge on any atom is -0.396 e. The number of rotatable bonds is 5. The van der Waals surface area contributed by atoms with E-state index in [-0.39, 0.29) is 27.5 Å². The molecule has 0 saturated carbocycles. The predicted octanol–water partition coefficient (Wildman–Crippen LogP) is 2.29. The standard InChI is InChI=1S/C11H15Cl2NO3S/c1-7(6-15)8(2)14-18(16,17)11-9(12)4-3-5-10(11)13/h3-5,7-8,14-15H,6H2,1-2H3. The van der Waals surface area contributed by atoms with Crippen LogP contribution in [0.5, 0.6) is 0 Å².